The van der Waals surface area contributed by atoms with Crippen LogP contribution in [0.5, 0.6) is 0 Å². The summed E-state index contributed by atoms with van der Waals surface area (Å²) >= 11 is 0. The Morgan fingerprint density at radius 3 is 2.64 bits per heavy atom. The van der Waals surface area contributed by atoms with Crippen molar-refractivity contribution in [1.29, 1.82) is 0 Å². The van der Waals surface area contributed by atoms with Gasteiger partial charge in [0.15, 0.2) is 5.60 Å². The highest BCUT2D eigenvalue weighted by Crippen LogP contribution is 2.60. The Morgan fingerprint density at radius 1 is 1.08 bits per heavy atom. The zero-order chi connectivity index (χ0) is 35.4. The Bertz CT molecular complexity index is 1980. The van der Waals surface area contributed by atoms with Gasteiger partial charge in [-0.2, -0.15) is 0 Å². The number of amides is 2. The highest BCUT2D eigenvalue weighted by molar-refractivity contribution is 6.72. The molecule has 1 aromatic heterocycles. The van der Waals surface area contributed by atoms with E-state index in [0.717, 1.165) is 16.8 Å². The van der Waals surface area contributed by atoms with Gasteiger partial charge >= 0.3 is 0 Å². The largest absolute Gasteiger partial charge is 0.396 e. The van der Waals surface area contributed by atoms with Gasteiger partial charge in [0.05, 0.1) is 34.6 Å². The molecule has 12 nitrogen and oxygen atoms in total. The summed E-state index contributed by atoms with van der Waals surface area (Å²) in [7, 11) is -3.48. The molecule has 0 aliphatic carbocycles. The van der Waals surface area contributed by atoms with Crippen LogP contribution in [0.1, 0.15) is 42.1 Å². The fourth-order valence-electron chi connectivity index (χ4n) is 8.20. The number of halogens is 1. The van der Waals surface area contributed by atoms with Crippen molar-refractivity contribution in [2.24, 2.45) is 5.92 Å². The molecule has 0 bridgehead atoms. The first kappa shape index (κ1) is 33.7. The number of aliphatic hydroxyl groups excluding tert-OH is 1. The Kier molecular flexibility index (Phi) is 8.64. The summed E-state index contributed by atoms with van der Waals surface area (Å²) in [5, 5.41) is 29.5. The number of non-ortho nitro benzene ring substituents is 1. The molecule has 4 heterocycles. The molecule has 0 unspecified atom stereocenters. The fraction of sp³-hybridized carbons (Fsp3) is 0.389. The van der Waals surface area contributed by atoms with Crippen molar-refractivity contribution < 1.29 is 28.5 Å². The van der Waals surface area contributed by atoms with Gasteiger partial charge in [-0.25, -0.2) is 0 Å². The fourth-order valence-corrected chi connectivity index (χ4v) is 10.7. The predicted octanol–water partition coefficient (Wildman–Crippen LogP) is 5.74. The number of carbonyl (C=O) groups is 2. The minimum atomic E-state index is -3.48. The van der Waals surface area contributed by atoms with Crippen LogP contribution in [0.15, 0.2) is 72.9 Å². The standard InChI is InChI=1S/C36H39FN6O6Si/c1-23-34(50(2,3)37)32(15-17-40-22-26(16-18-44)38-39-40)49-36(23)29-20-28(43(47)48)12-13-31(29)41(35(36)46)21-24-7-6-9-27(19-24)42-30-10-5-4-8-25(30)11-14-33(42)45/h4-10,12-13,19-20,22-23,32,34,44H,11,14-18,21H2,1-3H3/t23-,32+,34-,36+/m0/s1. The van der Waals surface area contributed by atoms with Crippen LogP contribution < -0.4 is 9.80 Å². The Morgan fingerprint density at radius 2 is 1.88 bits per heavy atom. The average Bonchev–Trinajstić information content (AvgIpc) is 3.73. The number of rotatable bonds is 10. The van der Waals surface area contributed by atoms with E-state index in [1.165, 1.54) is 12.1 Å². The van der Waals surface area contributed by atoms with E-state index in [1.54, 1.807) is 39.8 Å². The lowest BCUT2D eigenvalue weighted by Crippen LogP contribution is -2.45. The number of fused-ring (bicyclic) bond motifs is 3. The third-order valence-corrected chi connectivity index (χ3v) is 12.8. The molecule has 1 N–H and O–H groups in total. The second-order valence-corrected chi connectivity index (χ2v) is 17.7. The Labute approximate surface area is 289 Å². The number of para-hydroxylation sites is 1. The van der Waals surface area contributed by atoms with E-state index in [2.05, 4.69) is 10.3 Å². The highest BCUT2D eigenvalue weighted by atomic mass is 28.4. The number of ether oxygens (including phenoxy) is 1. The van der Waals surface area contributed by atoms with Crippen LogP contribution in [0.3, 0.4) is 0 Å². The van der Waals surface area contributed by atoms with Gasteiger partial charge in [-0.05, 0) is 61.3 Å². The lowest BCUT2D eigenvalue weighted by Gasteiger charge is -2.31. The molecule has 3 aromatic carbocycles. The highest BCUT2D eigenvalue weighted by Gasteiger charge is 2.67. The maximum Gasteiger partial charge on any atom is 0.269 e. The van der Waals surface area contributed by atoms with Crippen LogP contribution in [0, 0.1) is 16.0 Å². The van der Waals surface area contributed by atoms with E-state index in [4.69, 9.17) is 4.74 Å². The molecule has 4 aromatic rings. The maximum absolute atomic E-state index is 16.3. The summed E-state index contributed by atoms with van der Waals surface area (Å²) in [5.41, 5.74) is 2.35. The summed E-state index contributed by atoms with van der Waals surface area (Å²) in [6.45, 7) is 5.42. The van der Waals surface area contributed by atoms with Gasteiger partial charge < -0.3 is 18.9 Å². The summed E-state index contributed by atoms with van der Waals surface area (Å²) in [5.74, 6) is -1.05. The second-order valence-electron chi connectivity index (χ2n) is 13.9. The smallest absolute Gasteiger partial charge is 0.269 e. The van der Waals surface area contributed by atoms with Crippen molar-refractivity contribution in [1.82, 2.24) is 15.0 Å². The van der Waals surface area contributed by atoms with Crippen molar-refractivity contribution >= 4 is 43.0 Å². The molecular formula is C36H39FN6O6Si. The van der Waals surface area contributed by atoms with Gasteiger partial charge in [0.25, 0.3) is 11.6 Å². The number of hydrogen-bond donors (Lipinski definition) is 1. The predicted molar refractivity (Wildman–Crippen MR) is 186 cm³/mol. The SMILES string of the molecule is C[C@H]1[C@H]([Si](C)(C)F)[C@@H](CCn2cc(CCO)nn2)O[C@]12C(=O)N(Cc1cccc(N3C(=O)CCc4ccccc43)c1)c1ccc([N+](=O)[O-])cc12. The van der Waals surface area contributed by atoms with E-state index in [-0.39, 0.29) is 24.7 Å². The number of hydrogen-bond acceptors (Lipinski definition) is 8. The number of benzene rings is 3. The molecule has 3 aliphatic heterocycles. The molecule has 50 heavy (non-hydrogen) atoms. The van der Waals surface area contributed by atoms with Crippen LogP contribution in [-0.4, -0.2) is 58.0 Å². The molecule has 0 radical (unpaired) electrons. The minimum absolute atomic E-state index is 0.0199. The summed E-state index contributed by atoms with van der Waals surface area (Å²) in [4.78, 5) is 42.8. The molecule has 7 rings (SSSR count). The molecule has 1 fully saturated rings. The molecule has 2 amide bonds. The normalized spacial score (nSPS) is 23.1. The molecule has 260 valence electrons. The number of aliphatic hydroxyl groups is 1. The first-order valence-electron chi connectivity index (χ1n) is 16.9. The van der Waals surface area contributed by atoms with Crippen LogP contribution >= 0.6 is 0 Å². The van der Waals surface area contributed by atoms with Gasteiger partial charge in [0.1, 0.15) is 0 Å². The molecule has 1 spiro atoms. The number of nitro benzene ring substituents is 1. The maximum atomic E-state index is 16.3. The number of nitro groups is 1. The Balaban J connectivity index is 1.24. The number of aryl methyl sites for hydroxylation is 2. The monoisotopic (exact) mass is 698 g/mol. The van der Waals surface area contributed by atoms with Crippen molar-refractivity contribution in [2.75, 3.05) is 16.4 Å². The summed E-state index contributed by atoms with van der Waals surface area (Å²) < 4.78 is 24.7. The zero-order valence-corrected chi connectivity index (χ0v) is 29.2. The van der Waals surface area contributed by atoms with E-state index >= 15 is 4.11 Å². The number of aromatic nitrogens is 3. The summed E-state index contributed by atoms with van der Waals surface area (Å²) in [6, 6.07) is 19.6. The third kappa shape index (κ3) is 5.70. The lowest BCUT2D eigenvalue weighted by atomic mass is 9.82. The van der Waals surface area contributed by atoms with Crippen LogP contribution in [-0.2, 0) is 45.9 Å². The van der Waals surface area contributed by atoms with E-state index < -0.39 is 42.4 Å². The lowest BCUT2D eigenvalue weighted by molar-refractivity contribution is -0.385. The minimum Gasteiger partial charge on any atom is -0.396 e. The first-order valence-corrected chi connectivity index (χ1v) is 19.8. The quantitative estimate of drug-likeness (QED) is 0.0956. The van der Waals surface area contributed by atoms with Gasteiger partial charge in [-0.3, -0.25) is 29.3 Å². The van der Waals surface area contributed by atoms with Crippen molar-refractivity contribution in [2.45, 2.75) is 76.0 Å². The van der Waals surface area contributed by atoms with E-state index in [0.29, 0.717) is 54.9 Å². The van der Waals surface area contributed by atoms with Crippen molar-refractivity contribution in [3.8, 4) is 0 Å². The average molecular weight is 699 g/mol. The molecule has 4 atom stereocenters. The Hall–Kier alpha value is -4.79. The topological polar surface area (TPSA) is 144 Å². The van der Waals surface area contributed by atoms with E-state index in [9.17, 15) is 24.8 Å². The zero-order valence-electron chi connectivity index (χ0n) is 28.2. The van der Waals surface area contributed by atoms with Crippen molar-refractivity contribution in [3.63, 3.8) is 0 Å². The molecular weight excluding hydrogens is 660 g/mol. The van der Waals surface area contributed by atoms with Crippen LogP contribution in [0.25, 0.3) is 0 Å². The number of nitrogens with zero attached hydrogens (tertiary/aromatic N) is 6. The van der Waals surface area contributed by atoms with Gasteiger partial charge in [-0.1, -0.05) is 42.5 Å². The van der Waals surface area contributed by atoms with Gasteiger partial charge in [0.2, 0.25) is 14.3 Å². The van der Waals surface area contributed by atoms with Crippen LogP contribution in [0.2, 0.25) is 18.6 Å². The molecule has 1 saturated heterocycles. The van der Waals surface area contributed by atoms with Crippen LogP contribution in [0.4, 0.5) is 26.9 Å². The number of carbonyl (C=O) groups excluding carboxylic acids is 2. The third-order valence-electron chi connectivity index (χ3n) is 10.4. The molecule has 14 heteroatoms. The van der Waals surface area contributed by atoms with E-state index in [1.807, 2.05) is 55.5 Å². The number of anilines is 3. The summed E-state index contributed by atoms with van der Waals surface area (Å²) in [6.07, 6.45) is 2.80. The first-order chi connectivity index (χ1) is 23.9. The molecule has 0 saturated carbocycles. The second kappa shape index (κ2) is 12.8. The van der Waals surface area contributed by atoms with Crippen molar-refractivity contribution in [3.05, 3.63) is 105 Å². The molecule has 3 aliphatic rings. The van der Waals surface area contributed by atoms with Gasteiger partial charge in [-0.15, -0.1) is 5.10 Å². The van der Waals surface area contributed by atoms with Gasteiger partial charge in [0, 0.05) is 67.0 Å².